The van der Waals surface area contributed by atoms with Gasteiger partial charge in [0.15, 0.2) is 0 Å². The van der Waals surface area contributed by atoms with Crippen LogP contribution in [0.25, 0.3) is 0 Å². The average molecular weight is 300 g/mol. The Morgan fingerprint density at radius 3 is 2.52 bits per heavy atom. The molecule has 1 heterocycles. The van der Waals surface area contributed by atoms with Crippen molar-refractivity contribution >= 4 is 11.6 Å². The van der Waals surface area contributed by atoms with Gasteiger partial charge in [0.2, 0.25) is 5.82 Å². The number of aromatic nitrogens is 3. The third kappa shape index (κ3) is 4.20. The summed E-state index contributed by atoms with van der Waals surface area (Å²) < 4.78 is 39.7. The molecular formula is C12H11F3N4O2. The van der Waals surface area contributed by atoms with E-state index in [9.17, 15) is 18.0 Å². The Hall–Kier alpha value is -2.58. The van der Waals surface area contributed by atoms with Crippen LogP contribution >= 0.6 is 0 Å². The highest BCUT2D eigenvalue weighted by atomic mass is 19.4. The number of nitrogens with zero attached hydrogens (tertiary/aromatic N) is 2. The van der Waals surface area contributed by atoms with Gasteiger partial charge in [-0.2, -0.15) is 0 Å². The van der Waals surface area contributed by atoms with E-state index in [4.69, 9.17) is 0 Å². The van der Waals surface area contributed by atoms with Crippen LogP contribution in [0.1, 0.15) is 23.4 Å². The highest BCUT2D eigenvalue weighted by molar-refractivity contribution is 6.01. The maximum absolute atomic E-state index is 12.0. The predicted octanol–water partition coefficient (Wildman–Crippen LogP) is 2.52. The van der Waals surface area contributed by atoms with Gasteiger partial charge in [-0.1, -0.05) is 6.92 Å². The van der Waals surface area contributed by atoms with Gasteiger partial charge in [-0.25, -0.2) is 4.98 Å². The third-order valence-corrected chi connectivity index (χ3v) is 2.42. The number of H-pyrrole nitrogens is 1. The number of hydrogen-bond donors (Lipinski definition) is 2. The first-order chi connectivity index (χ1) is 9.87. The number of aryl methyl sites for hydroxylation is 1. The van der Waals surface area contributed by atoms with Crippen LogP contribution in [-0.2, 0) is 6.42 Å². The summed E-state index contributed by atoms with van der Waals surface area (Å²) in [6, 6.07) is 4.76. The number of aromatic amines is 1. The second-order valence-electron chi connectivity index (χ2n) is 3.99. The molecule has 1 aromatic heterocycles. The third-order valence-electron chi connectivity index (χ3n) is 2.42. The van der Waals surface area contributed by atoms with Crippen LogP contribution in [0.3, 0.4) is 0 Å². The van der Waals surface area contributed by atoms with Gasteiger partial charge in [-0.15, -0.1) is 18.3 Å². The monoisotopic (exact) mass is 300 g/mol. The van der Waals surface area contributed by atoms with Crippen LogP contribution in [0.2, 0.25) is 0 Å². The van der Waals surface area contributed by atoms with Crippen molar-refractivity contribution in [3.63, 3.8) is 0 Å². The van der Waals surface area contributed by atoms with Gasteiger partial charge in [0.05, 0.1) is 0 Å². The summed E-state index contributed by atoms with van der Waals surface area (Å²) in [5.74, 6) is -0.404. The molecule has 0 aliphatic carbocycles. The summed E-state index contributed by atoms with van der Waals surface area (Å²) in [6.07, 6.45) is -4.15. The van der Waals surface area contributed by atoms with E-state index in [1.165, 1.54) is 12.1 Å². The minimum atomic E-state index is -4.75. The van der Waals surface area contributed by atoms with E-state index in [0.29, 0.717) is 17.9 Å². The minimum Gasteiger partial charge on any atom is -0.406 e. The lowest BCUT2D eigenvalue weighted by Gasteiger charge is -2.09. The van der Waals surface area contributed by atoms with E-state index >= 15 is 0 Å². The SMILES string of the molecule is CCc1nc(C(=O)Nc2ccc(OC(F)(F)F)cc2)n[nH]1. The first kappa shape index (κ1) is 14.8. The summed E-state index contributed by atoms with van der Waals surface area (Å²) in [5.41, 5.74) is 0.303. The maximum atomic E-state index is 12.0. The molecule has 2 aromatic rings. The highest BCUT2D eigenvalue weighted by Gasteiger charge is 2.30. The molecular weight excluding hydrogens is 289 g/mol. The van der Waals surface area contributed by atoms with Gasteiger partial charge >= 0.3 is 6.36 Å². The minimum absolute atomic E-state index is 0.0394. The molecule has 0 aliphatic rings. The molecule has 0 unspecified atom stereocenters. The maximum Gasteiger partial charge on any atom is 0.573 e. The van der Waals surface area contributed by atoms with Crippen LogP contribution in [0.5, 0.6) is 5.75 Å². The lowest BCUT2D eigenvalue weighted by molar-refractivity contribution is -0.274. The molecule has 9 heteroatoms. The van der Waals surface area contributed by atoms with Crippen LogP contribution in [0.4, 0.5) is 18.9 Å². The number of carbonyl (C=O) groups excluding carboxylic acids is 1. The quantitative estimate of drug-likeness (QED) is 0.909. The summed E-state index contributed by atoms with van der Waals surface area (Å²) in [7, 11) is 0. The first-order valence-electron chi connectivity index (χ1n) is 5.96. The standard InChI is InChI=1S/C12H11F3N4O2/c1-2-9-17-10(19-18-9)11(20)16-7-3-5-8(6-4-7)21-12(13,14)15/h3-6H,2H2,1H3,(H,16,20)(H,17,18,19). The molecule has 0 radical (unpaired) electrons. The van der Waals surface area contributed by atoms with Crippen molar-refractivity contribution < 1.29 is 22.7 Å². The van der Waals surface area contributed by atoms with Crippen molar-refractivity contribution in [3.05, 3.63) is 35.9 Å². The number of rotatable bonds is 4. The van der Waals surface area contributed by atoms with Gasteiger partial charge in [0, 0.05) is 12.1 Å². The van der Waals surface area contributed by atoms with Crippen LogP contribution in [-0.4, -0.2) is 27.5 Å². The zero-order valence-electron chi connectivity index (χ0n) is 10.9. The fraction of sp³-hybridized carbons (Fsp3) is 0.250. The fourth-order valence-electron chi connectivity index (χ4n) is 1.48. The van der Waals surface area contributed by atoms with E-state index in [0.717, 1.165) is 12.1 Å². The number of carbonyl (C=O) groups is 1. The van der Waals surface area contributed by atoms with Gasteiger partial charge < -0.3 is 10.1 Å². The van der Waals surface area contributed by atoms with Gasteiger partial charge in [-0.05, 0) is 24.3 Å². The Bertz CT molecular complexity index is 622. The molecule has 112 valence electrons. The number of alkyl halides is 3. The molecule has 6 nitrogen and oxygen atoms in total. The van der Waals surface area contributed by atoms with E-state index in [1.807, 2.05) is 6.92 Å². The Balaban J connectivity index is 2.01. The molecule has 1 amide bonds. The average Bonchev–Trinajstić information content (AvgIpc) is 2.88. The Morgan fingerprint density at radius 2 is 2.00 bits per heavy atom. The lowest BCUT2D eigenvalue weighted by Crippen LogP contribution is -2.17. The predicted molar refractivity (Wildman–Crippen MR) is 66.8 cm³/mol. The normalized spacial score (nSPS) is 11.2. The molecule has 2 N–H and O–H groups in total. The molecule has 0 bridgehead atoms. The van der Waals surface area contributed by atoms with Gasteiger partial charge in [0.1, 0.15) is 11.6 Å². The molecule has 0 fully saturated rings. The number of nitrogens with one attached hydrogen (secondary N) is 2. The van der Waals surface area contributed by atoms with Crippen molar-refractivity contribution in [2.24, 2.45) is 0 Å². The van der Waals surface area contributed by atoms with Gasteiger partial charge in [-0.3, -0.25) is 9.89 Å². The molecule has 21 heavy (non-hydrogen) atoms. The van der Waals surface area contributed by atoms with Crippen molar-refractivity contribution in [1.82, 2.24) is 15.2 Å². The van der Waals surface area contributed by atoms with Crippen LogP contribution in [0.15, 0.2) is 24.3 Å². The Morgan fingerprint density at radius 1 is 1.33 bits per heavy atom. The molecule has 2 rings (SSSR count). The van der Waals surface area contributed by atoms with E-state index < -0.39 is 12.3 Å². The number of benzene rings is 1. The van der Waals surface area contributed by atoms with Crippen molar-refractivity contribution in [1.29, 1.82) is 0 Å². The molecule has 1 aromatic carbocycles. The number of halogens is 3. The van der Waals surface area contributed by atoms with Crippen molar-refractivity contribution in [2.75, 3.05) is 5.32 Å². The lowest BCUT2D eigenvalue weighted by atomic mass is 10.3. The number of hydrogen-bond acceptors (Lipinski definition) is 4. The van der Waals surface area contributed by atoms with Crippen LogP contribution in [0, 0.1) is 0 Å². The summed E-state index contributed by atoms with van der Waals surface area (Å²) in [5, 5.41) is 8.78. The molecule has 0 atom stereocenters. The molecule has 0 saturated carbocycles. The number of amides is 1. The van der Waals surface area contributed by atoms with Crippen LogP contribution < -0.4 is 10.1 Å². The largest absolute Gasteiger partial charge is 0.573 e. The zero-order valence-corrected chi connectivity index (χ0v) is 10.9. The highest BCUT2D eigenvalue weighted by Crippen LogP contribution is 2.24. The fourth-order valence-corrected chi connectivity index (χ4v) is 1.48. The smallest absolute Gasteiger partial charge is 0.406 e. The Kier molecular flexibility index (Phi) is 4.10. The van der Waals surface area contributed by atoms with E-state index in [2.05, 4.69) is 25.2 Å². The number of ether oxygens (including phenoxy) is 1. The first-order valence-corrected chi connectivity index (χ1v) is 5.96. The summed E-state index contributed by atoms with van der Waals surface area (Å²) in [4.78, 5) is 15.7. The summed E-state index contributed by atoms with van der Waals surface area (Å²) >= 11 is 0. The topological polar surface area (TPSA) is 79.9 Å². The molecule has 0 saturated heterocycles. The Labute approximate surface area is 117 Å². The number of anilines is 1. The second kappa shape index (κ2) is 5.81. The van der Waals surface area contributed by atoms with E-state index in [1.54, 1.807) is 0 Å². The van der Waals surface area contributed by atoms with Gasteiger partial charge in [0.25, 0.3) is 5.91 Å². The molecule has 0 spiro atoms. The summed E-state index contributed by atoms with van der Waals surface area (Å²) in [6.45, 7) is 1.85. The van der Waals surface area contributed by atoms with Crippen molar-refractivity contribution in [2.45, 2.75) is 19.7 Å². The van der Waals surface area contributed by atoms with E-state index in [-0.39, 0.29) is 11.6 Å². The van der Waals surface area contributed by atoms with Crippen molar-refractivity contribution in [3.8, 4) is 5.75 Å². The molecule has 0 aliphatic heterocycles. The zero-order chi connectivity index (χ0) is 15.5. The second-order valence-corrected chi connectivity index (χ2v) is 3.99.